The van der Waals surface area contributed by atoms with Crippen molar-refractivity contribution in [3.8, 4) is 11.3 Å². The summed E-state index contributed by atoms with van der Waals surface area (Å²) >= 11 is 6.71. The van der Waals surface area contributed by atoms with Gasteiger partial charge in [0.1, 0.15) is 5.82 Å². The minimum absolute atomic E-state index is 0.209. The Morgan fingerprint density at radius 1 is 1.43 bits per heavy atom. The van der Waals surface area contributed by atoms with E-state index in [2.05, 4.69) is 4.98 Å². The second kappa shape index (κ2) is 3.55. The first-order valence-electron chi connectivity index (χ1n) is 3.80. The van der Waals surface area contributed by atoms with Crippen LogP contribution in [0.15, 0.2) is 28.4 Å². The van der Waals surface area contributed by atoms with Crippen LogP contribution in [0.1, 0.15) is 0 Å². The van der Waals surface area contributed by atoms with Crippen molar-refractivity contribution < 1.29 is 4.39 Å². The van der Waals surface area contributed by atoms with Gasteiger partial charge in [-0.05, 0) is 18.2 Å². The van der Waals surface area contributed by atoms with Gasteiger partial charge in [0.15, 0.2) is 0 Å². The maximum absolute atomic E-state index is 13.3. The molecule has 0 aliphatic heterocycles. The van der Waals surface area contributed by atoms with E-state index < -0.39 is 5.82 Å². The zero-order chi connectivity index (χ0) is 10.1. The molecule has 0 aliphatic rings. The fourth-order valence-corrected chi connectivity index (χ4v) is 1.87. The summed E-state index contributed by atoms with van der Waals surface area (Å²) in [5.41, 5.74) is 0.774. The maximum atomic E-state index is 13.3. The van der Waals surface area contributed by atoms with Crippen LogP contribution in [0.2, 0.25) is 5.02 Å². The van der Waals surface area contributed by atoms with E-state index in [0.717, 1.165) is 11.3 Å². The van der Waals surface area contributed by atoms with Crippen molar-refractivity contribution in [2.45, 2.75) is 0 Å². The highest BCUT2D eigenvalue weighted by Gasteiger charge is 2.07. The molecule has 72 valence electrons. The number of hydrogen-bond donors (Lipinski definition) is 1. The maximum Gasteiger partial charge on any atom is 0.304 e. The molecule has 0 spiro atoms. The first-order valence-corrected chi connectivity index (χ1v) is 5.06. The largest absolute Gasteiger partial charge is 0.312 e. The highest BCUT2D eigenvalue weighted by atomic mass is 35.5. The van der Waals surface area contributed by atoms with Gasteiger partial charge in [-0.15, -0.1) is 0 Å². The number of thiazole rings is 1. The highest BCUT2D eigenvalue weighted by Crippen LogP contribution is 2.24. The molecule has 0 radical (unpaired) electrons. The Bertz CT molecular complexity index is 520. The van der Waals surface area contributed by atoms with Gasteiger partial charge < -0.3 is 4.98 Å². The third kappa shape index (κ3) is 1.71. The first-order chi connectivity index (χ1) is 6.66. The standard InChI is InChI=1S/C9H5ClFNOS/c10-5-1-2-7(11)6(3-5)8-4-14-9(13)12-8/h1-4H,(H,12,13). The molecular formula is C9H5ClFNOS. The monoisotopic (exact) mass is 229 g/mol. The van der Waals surface area contributed by atoms with Crippen LogP contribution in [-0.2, 0) is 0 Å². The van der Waals surface area contributed by atoms with Crippen LogP contribution in [0.25, 0.3) is 11.3 Å². The summed E-state index contributed by atoms with van der Waals surface area (Å²) in [6, 6.07) is 4.22. The van der Waals surface area contributed by atoms with Crippen molar-refractivity contribution in [2.24, 2.45) is 0 Å². The Morgan fingerprint density at radius 3 is 2.86 bits per heavy atom. The topological polar surface area (TPSA) is 32.9 Å². The summed E-state index contributed by atoms with van der Waals surface area (Å²) in [7, 11) is 0. The predicted octanol–water partition coefficient (Wildman–Crippen LogP) is 2.90. The summed E-state index contributed by atoms with van der Waals surface area (Å²) in [6.45, 7) is 0. The van der Waals surface area contributed by atoms with Gasteiger partial charge in [0.05, 0.1) is 5.69 Å². The van der Waals surface area contributed by atoms with Gasteiger partial charge in [-0.2, -0.15) is 0 Å². The third-order valence-electron chi connectivity index (χ3n) is 1.74. The van der Waals surface area contributed by atoms with Crippen molar-refractivity contribution in [1.82, 2.24) is 4.98 Å². The van der Waals surface area contributed by atoms with Crippen LogP contribution in [0.3, 0.4) is 0 Å². The number of nitrogens with one attached hydrogen (secondary N) is 1. The molecule has 0 aliphatic carbocycles. The fourth-order valence-electron chi connectivity index (χ4n) is 1.12. The zero-order valence-electron chi connectivity index (χ0n) is 6.88. The van der Waals surface area contributed by atoms with E-state index >= 15 is 0 Å². The van der Waals surface area contributed by atoms with Crippen LogP contribution in [0.4, 0.5) is 4.39 Å². The minimum atomic E-state index is -0.400. The van der Waals surface area contributed by atoms with Gasteiger partial charge in [-0.3, -0.25) is 4.79 Å². The van der Waals surface area contributed by atoms with E-state index in [1.54, 1.807) is 5.38 Å². The molecule has 1 aromatic carbocycles. The molecule has 1 heterocycles. The summed E-state index contributed by atoms with van der Waals surface area (Å²) in [5.74, 6) is -0.400. The zero-order valence-corrected chi connectivity index (χ0v) is 8.45. The van der Waals surface area contributed by atoms with E-state index in [1.165, 1.54) is 18.2 Å². The summed E-state index contributed by atoms with van der Waals surface area (Å²) in [6.07, 6.45) is 0. The van der Waals surface area contributed by atoms with E-state index in [4.69, 9.17) is 11.6 Å². The molecule has 0 saturated carbocycles. The van der Waals surface area contributed by atoms with E-state index in [-0.39, 0.29) is 4.87 Å². The molecule has 1 aromatic heterocycles. The number of halogens is 2. The van der Waals surface area contributed by atoms with Crippen LogP contribution in [0, 0.1) is 5.82 Å². The van der Waals surface area contributed by atoms with Crippen LogP contribution >= 0.6 is 22.9 Å². The van der Waals surface area contributed by atoms with Gasteiger partial charge in [0, 0.05) is 16.0 Å². The van der Waals surface area contributed by atoms with Gasteiger partial charge in [-0.1, -0.05) is 22.9 Å². The molecule has 0 fully saturated rings. The molecule has 2 aromatic rings. The van der Waals surface area contributed by atoms with Crippen molar-refractivity contribution >= 4 is 22.9 Å². The summed E-state index contributed by atoms with van der Waals surface area (Å²) in [5, 5.41) is 2.00. The lowest BCUT2D eigenvalue weighted by Gasteiger charge is -1.99. The molecule has 0 amide bonds. The van der Waals surface area contributed by atoms with Crippen LogP contribution in [0.5, 0.6) is 0 Å². The number of aromatic amines is 1. The molecule has 0 atom stereocenters. The Labute approximate surface area is 88.0 Å². The average molecular weight is 230 g/mol. The molecule has 0 saturated heterocycles. The quantitative estimate of drug-likeness (QED) is 0.801. The molecular weight excluding hydrogens is 225 g/mol. The molecule has 0 bridgehead atoms. The second-order valence-electron chi connectivity index (χ2n) is 2.69. The SMILES string of the molecule is O=c1[nH]c(-c2cc(Cl)ccc2F)cs1. The molecule has 1 N–H and O–H groups in total. The molecule has 14 heavy (non-hydrogen) atoms. The normalized spacial score (nSPS) is 10.4. The fraction of sp³-hybridized carbons (Fsp3) is 0. The number of H-pyrrole nitrogens is 1. The van der Waals surface area contributed by atoms with Crippen molar-refractivity contribution in [1.29, 1.82) is 0 Å². The van der Waals surface area contributed by atoms with Crippen molar-refractivity contribution in [3.63, 3.8) is 0 Å². The first kappa shape index (κ1) is 9.43. The van der Waals surface area contributed by atoms with Crippen molar-refractivity contribution in [2.75, 3.05) is 0 Å². The number of hydrogen-bond acceptors (Lipinski definition) is 2. The lowest BCUT2D eigenvalue weighted by atomic mass is 10.1. The minimum Gasteiger partial charge on any atom is -0.312 e. The van der Waals surface area contributed by atoms with E-state index in [1.807, 2.05) is 0 Å². The molecule has 5 heteroatoms. The van der Waals surface area contributed by atoms with E-state index in [0.29, 0.717) is 16.3 Å². The van der Waals surface area contributed by atoms with Crippen molar-refractivity contribution in [3.05, 3.63) is 44.1 Å². The molecule has 0 unspecified atom stereocenters. The smallest absolute Gasteiger partial charge is 0.304 e. The summed E-state index contributed by atoms with van der Waals surface area (Å²) in [4.78, 5) is 13.2. The molecule has 2 nitrogen and oxygen atoms in total. The van der Waals surface area contributed by atoms with Gasteiger partial charge >= 0.3 is 4.87 Å². The lowest BCUT2D eigenvalue weighted by molar-refractivity contribution is 0.631. The Balaban J connectivity index is 2.61. The molecule has 2 rings (SSSR count). The number of benzene rings is 1. The Kier molecular flexibility index (Phi) is 2.39. The van der Waals surface area contributed by atoms with Gasteiger partial charge in [-0.25, -0.2) is 4.39 Å². The van der Waals surface area contributed by atoms with Gasteiger partial charge in [0.25, 0.3) is 0 Å². The Morgan fingerprint density at radius 2 is 2.21 bits per heavy atom. The summed E-state index contributed by atoms with van der Waals surface area (Å²) < 4.78 is 13.3. The lowest BCUT2D eigenvalue weighted by Crippen LogP contribution is -1.93. The Hall–Kier alpha value is -1.13. The highest BCUT2D eigenvalue weighted by molar-refractivity contribution is 7.07. The second-order valence-corrected chi connectivity index (χ2v) is 3.96. The third-order valence-corrected chi connectivity index (χ3v) is 2.64. The van der Waals surface area contributed by atoms with Crippen LogP contribution in [-0.4, -0.2) is 4.98 Å². The average Bonchev–Trinajstić information content (AvgIpc) is 2.56. The number of rotatable bonds is 1. The van der Waals surface area contributed by atoms with Gasteiger partial charge in [0.2, 0.25) is 0 Å². The van der Waals surface area contributed by atoms with E-state index in [9.17, 15) is 9.18 Å². The predicted molar refractivity (Wildman–Crippen MR) is 55.3 cm³/mol. The number of aromatic nitrogens is 1. The van der Waals surface area contributed by atoms with Crippen LogP contribution < -0.4 is 4.87 Å².